The van der Waals surface area contributed by atoms with E-state index in [0.29, 0.717) is 11.8 Å². The average Bonchev–Trinajstić information content (AvgIpc) is 3.71. The minimum absolute atomic E-state index is 0.110. The quantitative estimate of drug-likeness (QED) is 0.166. The Hall–Kier alpha value is -1.49. The van der Waals surface area contributed by atoms with E-state index in [2.05, 4.69) is 0 Å². The van der Waals surface area contributed by atoms with E-state index in [0.717, 1.165) is 25.7 Å². The minimum atomic E-state index is -6.39. The predicted molar refractivity (Wildman–Crippen MR) is 144 cm³/mol. The molecular formula is C31H42F12O5. The zero-order valence-electron chi connectivity index (χ0n) is 26.8. The molecule has 4 aliphatic carbocycles. The van der Waals surface area contributed by atoms with Crippen LogP contribution in [-0.4, -0.2) is 70.4 Å². The monoisotopic (exact) mass is 722 g/mol. The smallest absolute Gasteiger partial charge is 0.426 e. The zero-order valence-corrected chi connectivity index (χ0v) is 26.8. The van der Waals surface area contributed by atoms with Crippen molar-refractivity contribution in [3.63, 3.8) is 0 Å². The van der Waals surface area contributed by atoms with Gasteiger partial charge >= 0.3 is 30.7 Å². The summed E-state index contributed by atoms with van der Waals surface area (Å²) in [5.74, 6) is -6.77. The Morgan fingerprint density at radius 3 is 1.60 bits per heavy atom. The number of rotatable bonds is 11. The Kier molecular flexibility index (Phi) is 10.1. The largest absolute Gasteiger partial charge is 0.459 e. The van der Waals surface area contributed by atoms with E-state index in [1.54, 1.807) is 20.8 Å². The van der Waals surface area contributed by atoms with Gasteiger partial charge in [0.05, 0.1) is 18.1 Å². The van der Waals surface area contributed by atoms with E-state index in [1.165, 1.54) is 6.92 Å². The van der Waals surface area contributed by atoms with Crippen LogP contribution in [-0.2, 0) is 14.3 Å². The molecule has 4 fully saturated rings. The molecule has 0 radical (unpaired) electrons. The van der Waals surface area contributed by atoms with Crippen molar-refractivity contribution in [3.05, 3.63) is 0 Å². The number of esters is 1. The lowest BCUT2D eigenvalue weighted by Gasteiger charge is -2.44. The molecule has 4 aliphatic rings. The maximum atomic E-state index is 13.7. The molecule has 48 heavy (non-hydrogen) atoms. The van der Waals surface area contributed by atoms with Gasteiger partial charge in [0.25, 0.3) is 11.2 Å². The molecule has 2 N–H and O–H groups in total. The molecule has 0 aromatic heterocycles. The van der Waals surface area contributed by atoms with Crippen molar-refractivity contribution in [1.29, 1.82) is 0 Å². The number of hydrogen-bond donors (Lipinski definition) is 2. The number of hydrogen-bond acceptors (Lipinski definition) is 5. The molecule has 4 bridgehead atoms. The molecule has 4 saturated carbocycles. The van der Waals surface area contributed by atoms with Gasteiger partial charge in [0.15, 0.2) is 0 Å². The first-order chi connectivity index (χ1) is 21.5. The predicted octanol–water partition coefficient (Wildman–Crippen LogP) is 8.31. The molecule has 0 saturated heterocycles. The minimum Gasteiger partial charge on any atom is -0.459 e. The van der Waals surface area contributed by atoms with Gasteiger partial charge in [-0.1, -0.05) is 13.3 Å². The molecule has 0 aliphatic heterocycles. The van der Waals surface area contributed by atoms with Crippen LogP contribution in [0.25, 0.3) is 0 Å². The highest BCUT2D eigenvalue weighted by Gasteiger charge is 2.75. The van der Waals surface area contributed by atoms with Crippen molar-refractivity contribution in [3.8, 4) is 0 Å². The molecule has 17 heteroatoms. The lowest BCUT2D eigenvalue weighted by Crippen LogP contribution is -2.61. The Balaban J connectivity index is 1.57. The number of halogens is 12. The highest BCUT2D eigenvalue weighted by atomic mass is 19.4. The van der Waals surface area contributed by atoms with Crippen LogP contribution in [0.3, 0.4) is 0 Å². The van der Waals surface area contributed by atoms with Crippen molar-refractivity contribution in [1.82, 2.24) is 0 Å². The van der Waals surface area contributed by atoms with Crippen LogP contribution in [0, 0.1) is 46.8 Å². The first-order valence-corrected chi connectivity index (χ1v) is 16.1. The van der Waals surface area contributed by atoms with Gasteiger partial charge in [0.2, 0.25) is 0 Å². The summed E-state index contributed by atoms with van der Waals surface area (Å²) in [7, 11) is 0. The van der Waals surface area contributed by atoms with Crippen molar-refractivity contribution >= 4 is 5.97 Å². The van der Waals surface area contributed by atoms with Crippen LogP contribution in [0.15, 0.2) is 0 Å². The van der Waals surface area contributed by atoms with Gasteiger partial charge in [-0.25, -0.2) is 0 Å². The average molecular weight is 723 g/mol. The van der Waals surface area contributed by atoms with Gasteiger partial charge in [-0.15, -0.1) is 0 Å². The standard InChI is InChI=1S/C31H42F12O5/c1-5-25(4,23(44)48-24(2,3)21-9-15-6-7-16(21)8-15)14-47-22-11-17-10-18(22)20(13-27(46,30(38,39)40)31(41,42)43)19(17)12-26(45,28(32,33)34)29(35,36)37/h15-22,45-46H,5-14H2,1-4H3. The topological polar surface area (TPSA) is 76.0 Å². The van der Waals surface area contributed by atoms with E-state index in [9.17, 15) is 67.7 Å². The summed E-state index contributed by atoms with van der Waals surface area (Å²) in [6.45, 7) is 6.24. The normalized spacial score (nSPS) is 33.0. The van der Waals surface area contributed by atoms with Gasteiger partial charge in [-0.2, -0.15) is 52.7 Å². The summed E-state index contributed by atoms with van der Waals surface area (Å²) in [5.41, 5.74) is -13.1. The van der Waals surface area contributed by atoms with Gasteiger partial charge in [-0.3, -0.25) is 4.79 Å². The van der Waals surface area contributed by atoms with E-state index >= 15 is 0 Å². The van der Waals surface area contributed by atoms with Crippen LogP contribution in [0.4, 0.5) is 52.7 Å². The molecule has 9 unspecified atom stereocenters. The summed E-state index contributed by atoms with van der Waals surface area (Å²) in [5, 5.41) is 19.8. The second-order valence-corrected chi connectivity index (χ2v) is 15.4. The lowest BCUT2D eigenvalue weighted by molar-refractivity contribution is -0.381. The third-order valence-corrected chi connectivity index (χ3v) is 12.1. The number of carbonyl (C=O) groups excluding carboxylic acids is 1. The van der Waals surface area contributed by atoms with Crippen molar-refractivity contribution < 1.29 is 77.2 Å². The molecule has 0 spiro atoms. The van der Waals surface area contributed by atoms with E-state index in [4.69, 9.17) is 9.47 Å². The first kappa shape index (κ1) is 39.3. The van der Waals surface area contributed by atoms with Gasteiger partial charge < -0.3 is 19.7 Å². The number of carbonyl (C=O) groups is 1. The highest BCUT2D eigenvalue weighted by molar-refractivity contribution is 5.77. The maximum Gasteiger partial charge on any atom is 0.426 e. The Morgan fingerprint density at radius 2 is 1.19 bits per heavy atom. The van der Waals surface area contributed by atoms with Crippen LogP contribution < -0.4 is 0 Å². The third kappa shape index (κ3) is 6.78. The summed E-state index contributed by atoms with van der Waals surface area (Å²) in [6.07, 6.45) is -28.0. The molecule has 0 aromatic carbocycles. The van der Waals surface area contributed by atoms with Crippen LogP contribution in [0.2, 0.25) is 0 Å². The molecule has 5 nitrogen and oxygen atoms in total. The number of alkyl halides is 12. The Labute approximate surface area is 270 Å². The lowest BCUT2D eigenvalue weighted by atomic mass is 9.68. The van der Waals surface area contributed by atoms with Crippen molar-refractivity contribution in [2.24, 2.45) is 46.8 Å². The maximum absolute atomic E-state index is 13.7. The van der Waals surface area contributed by atoms with Gasteiger partial charge in [0.1, 0.15) is 5.60 Å². The Bertz CT molecular complexity index is 1150. The fourth-order valence-corrected chi connectivity index (χ4v) is 8.95. The Morgan fingerprint density at radius 1 is 0.688 bits per heavy atom. The second-order valence-electron chi connectivity index (χ2n) is 15.4. The van der Waals surface area contributed by atoms with Crippen LogP contribution in [0.5, 0.6) is 0 Å². The van der Waals surface area contributed by atoms with Gasteiger partial charge in [0, 0.05) is 5.92 Å². The van der Waals surface area contributed by atoms with E-state index in [-0.39, 0.29) is 18.8 Å². The van der Waals surface area contributed by atoms with Gasteiger partial charge in [-0.05, 0) is 108 Å². The molecule has 280 valence electrons. The highest BCUT2D eigenvalue weighted by Crippen LogP contribution is 2.62. The molecular weight excluding hydrogens is 680 g/mol. The fourth-order valence-electron chi connectivity index (χ4n) is 8.95. The molecule has 4 rings (SSSR count). The first-order valence-electron chi connectivity index (χ1n) is 16.1. The summed E-state index contributed by atoms with van der Waals surface area (Å²) in [4.78, 5) is 13.5. The number of fused-ring (bicyclic) bond motifs is 4. The SMILES string of the molecule is CCC(C)(COC1CC2CC1C(CC(O)(C(F)(F)F)C(F)(F)F)C2CC(O)(C(F)(F)F)C(F)(F)F)C(=O)OC(C)(C)C1CC2CCC1C2. The molecule has 0 amide bonds. The van der Waals surface area contributed by atoms with Crippen LogP contribution >= 0.6 is 0 Å². The second kappa shape index (κ2) is 12.3. The molecule has 9 atom stereocenters. The van der Waals surface area contributed by atoms with Crippen molar-refractivity contribution in [2.75, 3.05) is 6.61 Å². The van der Waals surface area contributed by atoms with Crippen molar-refractivity contribution in [2.45, 2.75) is 133 Å². The summed E-state index contributed by atoms with van der Waals surface area (Å²) < 4.78 is 176. The van der Waals surface area contributed by atoms with Crippen LogP contribution in [0.1, 0.15) is 85.5 Å². The van der Waals surface area contributed by atoms with E-state index < -0.39 is 109 Å². The van der Waals surface area contributed by atoms with E-state index in [1.807, 2.05) is 0 Å². The fraction of sp³-hybridized carbons (Fsp3) is 0.968. The summed E-state index contributed by atoms with van der Waals surface area (Å²) in [6, 6.07) is 0. The number of ether oxygens (including phenoxy) is 2. The number of aliphatic hydroxyl groups is 2. The third-order valence-electron chi connectivity index (χ3n) is 12.1. The molecule has 0 heterocycles. The molecule has 0 aromatic rings. The summed E-state index contributed by atoms with van der Waals surface area (Å²) >= 11 is 0. The zero-order chi connectivity index (χ0) is 36.7.